The van der Waals surface area contributed by atoms with Crippen LogP contribution in [0.15, 0.2) is 48.5 Å². The van der Waals surface area contributed by atoms with E-state index in [2.05, 4.69) is 5.32 Å². The van der Waals surface area contributed by atoms with Gasteiger partial charge in [-0.25, -0.2) is 4.79 Å². The van der Waals surface area contributed by atoms with Crippen molar-refractivity contribution < 1.29 is 24.2 Å². The topological polar surface area (TPSA) is 84.9 Å². The first-order chi connectivity index (χ1) is 11.6. The second-order valence-corrected chi connectivity index (χ2v) is 5.03. The normalized spacial score (nSPS) is 10.0. The molecule has 2 N–H and O–H groups in total. The van der Waals surface area contributed by atoms with Crippen molar-refractivity contribution in [3.63, 3.8) is 0 Å². The molecule has 0 spiro atoms. The summed E-state index contributed by atoms with van der Waals surface area (Å²) in [5.74, 6) is 0.127. The molecule has 0 atom stereocenters. The zero-order chi connectivity index (χ0) is 17.4. The van der Waals surface area contributed by atoms with Crippen LogP contribution < -0.4 is 14.8 Å². The predicted molar refractivity (Wildman–Crippen MR) is 89.8 cm³/mol. The quantitative estimate of drug-likeness (QED) is 0.727. The molecule has 0 saturated carbocycles. The maximum absolute atomic E-state index is 11.9. The Kier molecular flexibility index (Phi) is 6.19. The monoisotopic (exact) mass is 329 g/mol. The van der Waals surface area contributed by atoms with E-state index < -0.39 is 5.97 Å². The second-order valence-electron chi connectivity index (χ2n) is 5.03. The molecule has 2 rings (SSSR count). The molecule has 0 aliphatic carbocycles. The number of hydrogen-bond donors (Lipinski definition) is 2. The van der Waals surface area contributed by atoms with Crippen LogP contribution in [0.4, 0.5) is 5.69 Å². The molecule has 0 heterocycles. The summed E-state index contributed by atoms with van der Waals surface area (Å²) in [6.45, 7) is 0.389. The molecule has 0 unspecified atom stereocenters. The van der Waals surface area contributed by atoms with Gasteiger partial charge in [-0.1, -0.05) is 12.1 Å². The third kappa shape index (κ3) is 5.01. The van der Waals surface area contributed by atoms with Crippen LogP contribution in [0.25, 0.3) is 0 Å². The van der Waals surface area contributed by atoms with Crippen LogP contribution in [-0.2, 0) is 4.79 Å². The van der Waals surface area contributed by atoms with Gasteiger partial charge in [0.2, 0.25) is 5.91 Å². The summed E-state index contributed by atoms with van der Waals surface area (Å²) in [5.41, 5.74) is 0.367. The van der Waals surface area contributed by atoms with Gasteiger partial charge in [-0.05, 0) is 42.8 Å². The van der Waals surface area contributed by atoms with Crippen molar-refractivity contribution in [2.75, 3.05) is 19.0 Å². The molecule has 126 valence electrons. The zero-order valence-corrected chi connectivity index (χ0v) is 13.3. The Morgan fingerprint density at radius 3 is 2.38 bits per heavy atom. The minimum atomic E-state index is -1.08. The summed E-state index contributed by atoms with van der Waals surface area (Å²) in [4.78, 5) is 23.0. The minimum Gasteiger partial charge on any atom is -0.497 e. The maximum atomic E-state index is 11.9. The fraction of sp³-hybridized carbons (Fsp3) is 0.222. The summed E-state index contributed by atoms with van der Waals surface area (Å²) in [7, 11) is 1.59. The number of carbonyl (C=O) groups excluding carboxylic acids is 1. The molecule has 2 aromatic carbocycles. The number of para-hydroxylation sites is 1. The second kappa shape index (κ2) is 8.57. The molecule has 0 aromatic heterocycles. The Balaban J connectivity index is 1.76. The van der Waals surface area contributed by atoms with E-state index in [0.29, 0.717) is 24.5 Å². The van der Waals surface area contributed by atoms with Crippen LogP contribution in [0.5, 0.6) is 11.5 Å². The van der Waals surface area contributed by atoms with Gasteiger partial charge in [-0.3, -0.25) is 4.79 Å². The van der Waals surface area contributed by atoms with E-state index in [4.69, 9.17) is 14.6 Å². The molecule has 0 radical (unpaired) electrons. The smallest absolute Gasteiger partial charge is 0.337 e. The number of anilines is 1. The van der Waals surface area contributed by atoms with Gasteiger partial charge in [0.25, 0.3) is 0 Å². The molecule has 0 aliphatic rings. The van der Waals surface area contributed by atoms with Crippen molar-refractivity contribution in [3.05, 3.63) is 54.1 Å². The number of rotatable bonds is 8. The summed E-state index contributed by atoms with van der Waals surface area (Å²) in [5, 5.41) is 11.7. The molecular weight excluding hydrogens is 310 g/mol. The third-order valence-corrected chi connectivity index (χ3v) is 3.31. The number of hydrogen-bond acceptors (Lipinski definition) is 4. The average Bonchev–Trinajstić information content (AvgIpc) is 2.59. The van der Waals surface area contributed by atoms with Crippen LogP contribution in [0.2, 0.25) is 0 Å². The number of amides is 1. The van der Waals surface area contributed by atoms with Gasteiger partial charge in [-0.15, -0.1) is 0 Å². The number of aromatic carboxylic acids is 1. The number of nitrogens with one attached hydrogen (secondary N) is 1. The number of carboxylic acid groups (broad SMARTS) is 1. The number of methoxy groups -OCH3 is 1. The van der Waals surface area contributed by atoms with Crippen LogP contribution in [-0.4, -0.2) is 30.7 Å². The average molecular weight is 329 g/mol. The predicted octanol–water partition coefficient (Wildman–Crippen LogP) is 3.19. The zero-order valence-electron chi connectivity index (χ0n) is 13.3. The first-order valence-electron chi connectivity index (χ1n) is 7.49. The number of carbonyl (C=O) groups is 2. The SMILES string of the molecule is COc1ccc(OCCCC(=O)Nc2ccccc2C(=O)O)cc1. The van der Waals surface area contributed by atoms with E-state index >= 15 is 0 Å². The Morgan fingerprint density at radius 2 is 1.71 bits per heavy atom. The molecule has 0 fully saturated rings. The van der Waals surface area contributed by atoms with Gasteiger partial charge < -0.3 is 19.9 Å². The van der Waals surface area contributed by atoms with Crippen LogP contribution >= 0.6 is 0 Å². The fourth-order valence-corrected chi connectivity index (χ4v) is 2.09. The van der Waals surface area contributed by atoms with Gasteiger partial charge in [0, 0.05) is 6.42 Å². The third-order valence-electron chi connectivity index (χ3n) is 3.31. The van der Waals surface area contributed by atoms with E-state index in [9.17, 15) is 9.59 Å². The van der Waals surface area contributed by atoms with E-state index in [1.54, 1.807) is 49.6 Å². The van der Waals surface area contributed by atoms with Crippen molar-refractivity contribution >= 4 is 17.6 Å². The largest absolute Gasteiger partial charge is 0.497 e. The Bertz CT molecular complexity index is 697. The Morgan fingerprint density at radius 1 is 1.04 bits per heavy atom. The van der Waals surface area contributed by atoms with Crippen molar-refractivity contribution in [3.8, 4) is 11.5 Å². The first kappa shape index (κ1) is 17.3. The number of benzene rings is 2. The molecule has 24 heavy (non-hydrogen) atoms. The highest BCUT2D eigenvalue weighted by Crippen LogP contribution is 2.18. The summed E-state index contributed by atoms with van der Waals surface area (Å²) >= 11 is 0. The van der Waals surface area contributed by atoms with Crippen LogP contribution in [0, 0.1) is 0 Å². The lowest BCUT2D eigenvalue weighted by Crippen LogP contribution is -2.15. The lowest BCUT2D eigenvalue weighted by molar-refractivity contribution is -0.116. The van der Waals surface area contributed by atoms with Crippen LogP contribution in [0.3, 0.4) is 0 Å². The highest BCUT2D eigenvalue weighted by molar-refractivity contribution is 6.00. The van der Waals surface area contributed by atoms with Crippen molar-refractivity contribution in [2.24, 2.45) is 0 Å². The molecule has 0 bridgehead atoms. The molecule has 1 amide bonds. The highest BCUT2D eigenvalue weighted by Gasteiger charge is 2.11. The lowest BCUT2D eigenvalue weighted by Gasteiger charge is -2.09. The molecule has 6 nitrogen and oxygen atoms in total. The molecule has 0 aliphatic heterocycles. The summed E-state index contributed by atoms with van der Waals surface area (Å²) in [6.07, 6.45) is 0.761. The lowest BCUT2D eigenvalue weighted by atomic mass is 10.1. The maximum Gasteiger partial charge on any atom is 0.337 e. The van der Waals surface area contributed by atoms with Gasteiger partial charge in [0.15, 0.2) is 0 Å². The van der Waals surface area contributed by atoms with E-state index in [0.717, 1.165) is 5.75 Å². The molecular formula is C18H19NO5. The van der Waals surface area contributed by atoms with Crippen LogP contribution in [0.1, 0.15) is 23.2 Å². The van der Waals surface area contributed by atoms with Gasteiger partial charge in [0.1, 0.15) is 11.5 Å². The van der Waals surface area contributed by atoms with Crippen molar-refractivity contribution in [2.45, 2.75) is 12.8 Å². The minimum absolute atomic E-state index is 0.0698. The fourth-order valence-electron chi connectivity index (χ4n) is 2.09. The van der Waals surface area contributed by atoms with Crippen molar-refractivity contribution in [1.82, 2.24) is 0 Å². The Hall–Kier alpha value is -3.02. The highest BCUT2D eigenvalue weighted by atomic mass is 16.5. The first-order valence-corrected chi connectivity index (χ1v) is 7.49. The molecule has 6 heteroatoms. The molecule has 2 aromatic rings. The Labute approximate surface area is 140 Å². The van der Waals surface area contributed by atoms with E-state index in [1.807, 2.05) is 0 Å². The van der Waals surface area contributed by atoms with Gasteiger partial charge >= 0.3 is 5.97 Å². The summed E-state index contributed by atoms with van der Waals surface area (Å²) in [6, 6.07) is 13.5. The standard InChI is InChI=1S/C18H19NO5/c1-23-13-8-10-14(11-9-13)24-12-4-7-17(20)19-16-6-3-2-5-15(16)18(21)22/h2-3,5-6,8-11H,4,7,12H2,1H3,(H,19,20)(H,21,22). The van der Waals surface area contributed by atoms with Crippen molar-refractivity contribution in [1.29, 1.82) is 0 Å². The van der Waals surface area contributed by atoms with E-state index in [1.165, 1.54) is 6.07 Å². The molecule has 0 saturated heterocycles. The van der Waals surface area contributed by atoms with E-state index in [-0.39, 0.29) is 17.9 Å². The number of carboxylic acids is 1. The van der Waals surface area contributed by atoms with Gasteiger partial charge in [0.05, 0.1) is 25.0 Å². The van der Waals surface area contributed by atoms with Gasteiger partial charge in [-0.2, -0.15) is 0 Å². The number of ether oxygens (including phenoxy) is 2. The summed E-state index contributed by atoms with van der Waals surface area (Å²) < 4.78 is 10.6.